The van der Waals surface area contributed by atoms with Crippen LogP contribution in [0.4, 0.5) is 4.39 Å². The summed E-state index contributed by atoms with van der Waals surface area (Å²) < 4.78 is 26.7. The Morgan fingerprint density at radius 3 is 2.56 bits per heavy atom. The Bertz CT molecular complexity index is 1210. The highest BCUT2D eigenvalue weighted by molar-refractivity contribution is 6.35. The first-order valence-corrected chi connectivity index (χ1v) is 11.8. The Hall–Kier alpha value is -2.32. The standard InChI is InChI=1S/C25H27ClFN3O3.ClH/c26-21-15-25(31)30(22-14-18(27)2-3-20(21)22)10-9-29-7-5-19(6-8-29)28-16-17-1-4-23-24(13-17)33-12-11-32-23;/h1-4,13-15,19,28H,5-12,16H2;1H. The minimum Gasteiger partial charge on any atom is -0.486 e. The van der Waals surface area contributed by atoms with E-state index in [1.54, 1.807) is 10.6 Å². The molecule has 1 saturated heterocycles. The molecule has 0 amide bonds. The fraction of sp³-hybridized carbons (Fsp3) is 0.400. The zero-order valence-electron chi connectivity index (χ0n) is 18.8. The number of fused-ring (bicyclic) bond motifs is 2. The zero-order valence-corrected chi connectivity index (χ0v) is 20.3. The van der Waals surface area contributed by atoms with Gasteiger partial charge in [-0.15, -0.1) is 12.4 Å². The fourth-order valence-electron chi connectivity index (χ4n) is 4.61. The molecule has 0 aliphatic carbocycles. The van der Waals surface area contributed by atoms with E-state index in [-0.39, 0.29) is 23.8 Å². The molecule has 1 fully saturated rings. The molecule has 6 nitrogen and oxygen atoms in total. The van der Waals surface area contributed by atoms with Crippen molar-refractivity contribution < 1.29 is 13.9 Å². The monoisotopic (exact) mass is 507 g/mol. The summed E-state index contributed by atoms with van der Waals surface area (Å²) in [7, 11) is 0. The van der Waals surface area contributed by atoms with Crippen LogP contribution in [0.25, 0.3) is 10.9 Å². The predicted octanol–water partition coefficient (Wildman–Crippen LogP) is 4.24. The molecule has 3 heterocycles. The molecule has 182 valence electrons. The van der Waals surface area contributed by atoms with E-state index in [9.17, 15) is 9.18 Å². The van der Waals surface area contributed by atoms with Crippen LogP contribution in [-0.4, -0.2) is 48.4 Å². The average molecular weight is 508 g/mol. The summed E-state index contributed by atoms with van der Waals surface area (Å²) in [6.07, 6.45) is 2.07. The lowest BCUT2D eigenvalue weighted by atomic mass is 10.0. The highest BCUT2D eigenvalue weighted by Gasteiger charge is 2.20. The predicted molar refractivity (Wildman–Crippen MR) is 134 cm³/mol. The first-order chi connectivity index (χ1) is 16.1. The Kier molecular flexibility index (Phi) is 7.99. The summed E-state index contributed by atoms with van der Waals surface area (Å²) in [5.41, 5.74) is 1.53. The van der Waals surface area contributed by atoms with Crippen LogP contribution in [-0.2, 0) is 13.1 Å². The van der Waals surface area contributed by atoms with Crippen molar-refractivity contribution in [1.82, 2.24) is 14.8 Å². The van der Waals surface area contributed by atoms with Gasteiger partial charge in [0.25, 0.3) is 5.56 Å². The Balaban J connectivity index is 0.00000274. The van der Waals surface area contributed by atoms with Crippen molar-refractivity contribution in [2.45, 2.75) is 32.0 Å². The van der Waals surface area contributed by atoms with E-state index in [0.29, 0.717) is 41.7 Å². The summed E-state index contributed by atoms with van der Waals surface area (Å²) in [4.78, 5) is 14.9. The maximum atomic E-state index is 13.8. The van der Waals surface area contributed by atoms with E-state index in [2.05, 4.69) is 16.3 Å². The SMILES string of the molecule is Cl.O=c1cc(Cl)c2ccc(F)cc2n1CCN1CCC(NCc2ccc3c(c2)OCCO3)CC1. The molecule has 0 bridgehead atoms. The average Bonchev–Trinajstić information content (AvgIpc) is 2.83. The van der Waals surface area contributed by atoms with Crippen molar-refractivity contribution in [2.75, 3.05) is 32.8 Å². The lowest BCUT2D eigenvalue weighted by Gasteiger charge is -2.32. The molecule has 2 aromatic carbocycles. The first kappa shape index (κ1) is 24.8. The molecular weight excluding hydrogens is 480 g/mol. The second-order valence-corrected chi connectivity index (χ2v) is 9.03. The summed E-state index contributed by atoms with van der Waals surface area (Å²) in [6, 6.07) is 12.3. The number of nitrogens with zero attached hydrogens (tertiary/aromatic N) is 2. The largest absolute Gasteiger partial charge is 0.486 e. The Labute approximate surface area is 209 Å². The van der Waals surface area contributed by atoms with Gasteiger partial charge in [-0.05, 0) is 61.8 Å². The van der Waals surface area contributed by atoms with Crippen LogP contribution >= 0.6 is 24.0 Å². The van der Waals surface area contributed by atoms with E-state index in [1.807, 2.05) is 12.1 Å². The maximum absolute atomic E-state index is 13.8. The molecule has 9 heteroatoms. The molecule has 0 atom stereocenters. The number of pyridine rings is 1. The van der Waals surface area contributed by atoms with Gasteiger partial charge in [-0.3, -0.25) is 4.79 Å². The summed E-state index contributed by atoms with van der Waals surface area (Å²) >= 11 is 6.19. The lowest BCUT2D eigenvalue weighted by molar-refractivity contribution is 0.171. The molecular formula is C25H28Cl2FN3O3. The van der Waals surface area contributed by atoms with Gasteiger partial charge in [0.05, 0.1) is 10.5 Å². The molecule has 0 unspecified atom stereocenters. The fourth-order valence-corrected chi connectivity index (χ4v) is 4.86. The van der Waals surface area contributed by atoms with Gasteiger partial charge in [0.15, 0.2) is 11.5 Å². The lowest BCUT2D eigenvalue weighted by Crippen LogP contribution is -2.43. The third-order valence-corrected chi connectivity index (χ3v) is 6.77. The van der Waals surface area contributed by atoms with Crippen LogP contribution in [0.3, 0.4) is 0 Å². The van der Waals surface area contributed by atoms with Crippen molar-refractivity contribution in [3.05, 3.63) is 69.2 Å². The molecule has 5 rings (SSSR count). The number of piperidine rings is 1. The van der Waals surface area contributed by atoms with Crippen molar-refractivity contribution in [3.8, 4) is 11.5 Å². The second kappa shape index (κ2) is 11.0. The smallest absolute Gasteiger partial charge is 0.252 e. The van der Waals surface area contributed by atoms with Gasteiger partial charge in [0.2, 0.25) is 0 Å². The van der Waals surface area contributed by atoms with E-state index >= 15 is 0 Å². The van der Waals surface area contributed by atoms with Crippen LogP contribution in [0.2, 0.25) is 5.02 Å². The molecule has 3 aromatic rings. The Morgan fingerprint density at radius 2 is 1.76 bits per heavy atom. The van der Waals surface area contributed by atoms with Crippen molar-refractivity contribution >= 4 is 34.9 Å². The van der Waals surface area contributed by atoms with Gasteiger partial charge in [0, 0.05) is 37.1 Å². The second-order valence-electron chi connectivity index (χ2n) is 8.62. The number of nitrogens with one attached hydrogen (secondary N) is 1. The molecule has 2 aliphatic rings. The highest BCUT2D eigenvalue weighted by Crippen LogP contribution is 2.30. The summed E-state index contributed by atoms with van der Waals surface area (Å²) in [5.74, 6) is 1.26. The van der Waals surface area contributed by atoms with Crippen molar-refractivity contribution in [2.24, 2.45) is 0 Å². The van der Waals surface area contributed by atoms with Gasteiger partial charge in [-0.2, -0.15) is 0 Å². The minimum absolute atomic E-state index is 0. The molecule has 1 aromatic heterocycles. The number of aromatic nitrogens is 1. The normalized spacial score (nSPS) is 16.4. The minimum atomic E-state index is -0.372. The first-order valence-electron chi connectivity index (χ1n) is 11.4. The van der Waals surface area contributed by atoms with Gasteiger partial charge in [0.1, 0.15) is 19.0 Å². The van der Waals surface area contributed by atoms with Crippen LogP contribution in [0, 0.1) is 5.82 Å². The summed E-state index contributed by atoms with van der Waals surface area (Å²) in [6.45, 7) is 5.13. The van der Waals surface area contributed by atoms with Crippen LogP contribution in [0.5, 0.6) is 11.5 Å². The third-order valence-electron chi connectivity index (χ3n) is 6.45. The Morgan fingerprint density at radius 1 is 1.00 bits per heavy atom. The van der Waals surface area contributed by atoms with Crippen molar-refractivity contribution in [3.63, 3.8) is 0 Å². The number of halogens is 3. The van der Waals surface area contributed by atoms with Gasteiger partial charge >= 0.3 is 0 Å². The highest BCUT2D eigenvalue weighted by atomic mass is 35.5. The zero-order chi connectivity index (χ0) is 22.8. The number of hydrogen-bond acceptors (Lipinski definition) is 5. The number of benzene rings is 2. The topological polar surface area (TPSA) is 55.7 Å². The van der Waals surface area contributed by atoms with Crippen LogP contribution < -0.4 is 20.3 Å². The quantitative estimate of drug-likeness (QED) is 0.540. The van der Waals surface area contributed by atoms with Gasteiger partial charge < -0.3 is 24.3 Å². The number of hydrogen-bond donors (Lipinski definition) is 1. The van der Waals surface area contributed by atoms with E-state index in [4.69, 9.17) is 21.1 Å². The molecule has 0 saturated carbocycles. The number of likely N-dealkylation sites (tertiary alicyclic amines) is 1. The van der Waals surface area contributed by atoms with Crippen molar-refractivity contribution in [1.29, 1.82) is 0 Å². The van der Waals surface area contributed by atoms with Crippen LogP contribution in [0.15, 0.2) is 47.3 Å². The molecule has 1 N–H and O–H groups in total. The van der Waals surface area contributed by atoms with Gasteiger partial charge in [-0.25, -0.2) is 4.39 Å². The molecule has 0 radical (unpaired) electrons. The van der Waals surface area contributed by atoms with Gasteiger partial charge in [-0.1, -0.05) is 17.7 Å². The third kappa shape index (κ3) is 5.49. The molecule has 2 aliphatic heterocycles. The number of rotatable bonds is 6. The maximum Gasteiger partial charge on any atom is 0.252 e. The van der Waals surface area contributed by atoms with E-state index < -0.39 is 0 Å². The molecule has 34 heavy (non-hydrogen) atoms. The van der Waals surface area contributed by atoms with Crippen LogP contribution in [0.1, 0.15) is 18.4 Å². The molecule has 0 spiro atoms. The summed E-state index contributed by atoms with van der Waals surface area (Å²) in [5, 5.41) is 4.70. The van der Waals surface area contributed by atoms with E-state index in [1.165, 1.54) is 23.8 Å². The number of ether oxygens (including phenoxy) is 2. The van der Waals surface area contributed by atoms with E-state index in [0.717, 1.165) is 50.5 Å².